The molecule has 0 saturated carbocycles. The maximum atomic E-state index is 13.6. The van der Waals surface area contributed by atoms with Gasteiger partial charge in [0, 0.05) is 36.6 Å². The van der Waals surface area contributed by atoms with Gasteiger partial charge in [-0.1, -0.05) is 62.4 Å². The number of nitrogens with one attached hydrogen (secondary N) is 2. The van der Waals surface area contributed by atoms with Gasteiger partial charge in [0.1, 0.15) is 0 Å². The summed E-state index contributed by atoms with van der Waals surface area (Å²) in [4.78, 5) is 33.1. The standard InChI is InChI=1S/C29H30N4O2/c1-29(2)15-23-27(25(34)16-29)28(21-10-4-3-5-11-21)33(24-13-7-6-12-22(24)32-23)19-26(35)31-18-20-9-8-14-30-17-20/h3-14,17,28,32H,15-16,18-19H2,1-2H3,(H,31,35)/t28-/m0/s1. The molecule has 178 valence electrons. The summed E-state index contributed by atoms with van der Waals surface area (Å²) in [5, 5.41) is 6.61. The Labute approximate surface area is 206 Å². The number of nitrogens with zero attached hydrogens (tertiary/aromatic N) is 2. The quantitative estimate of drug-likeness (QED) is 0.553. The van der Waals surface area contributed by atoms with Gasteiger partial charge in [-0.2, -0.15) is 0 Å². The molecule has 2 aromatic carbocycles. The molecule has 5 rings (SSSR count). The molecule has 1 aromatic heterocycles. The fraction of sp³-hybridized carbons (Fsp3) is 0.276. The van der Waals surface area contributed by atoms with Gasteiger partial charge in [-0.15, -0.1) is 0 Å². The van der Waals surface area contributed by atoms with Gasteiger partial charge in [-0.05, 0) is 41.2 Å². The first kappa shape index (κ1) is 22.8. The number of anilines is 2. The predicted octanol–water partition coefficient (Wildman–Crippen LogP) is 5.01. The van der Waals surface area contributed by atoms with Crippen LogP contribution in [-0.2, 0) is 16.1 Å². The molecule has 2 heterocycles. The summed E-state index contributed by atoms with van der Waals surface area (Å²) in [5.74, 6) is 0.0170. The molecule has 0 fully saturated rings. The molecule has 35 heavy (non-hydrogen) atoms. The lowest BCUT2D eigenvalue weighted by Crippen LogP contribution is -2.41. The zero-order chi connectivity index (χ0) is 24.4. The van der Waals surface area contributed by atoms with E-state index in [0.717, 1.165) is 40.2 Å². The second kappa shape index (κ2) is 9.37. The zero-order valence-electron chi connectivity index (χ0n) is 20.1. The Morgan fingerprint density at radius 1 is 1.06 bits per heavy atom. The molecule has 0 saturated heterocycles. The number of carbonyl (C=O) groups excluding carboxylic acids is 2. The van der Waals surface area contributed by atoms with Crippen molar-refractivity contribution < 1.29 is 9.59 Å². The van der Waals surface area contributed by atoms with Crippen molar-refractivity contribution in [3.05, 3.63) is 102 Å². The van der Waals surface area contributed by atoms with Gasteiger partial charge in [0.2, 0.25) is 5.91 Å². The van der Waals surface area contributed by atoms with Crippen LogP contribution in [-0.4, -0.2) is 23.2 Å². The van der Waals surface area contributed by atoms with Gasteiger partial charge >= 0.3 is 0 Å². The third kappa shape index (κ3) is 4.83. The zero-order valence-corrected chi connectivity index (χ0v) is 20.1. The number of aromatic nitrogens is 1. The number of benzene rings is 2. The van der Waals surface area contributed by atoms with Crippen LogP contribution in [0.1, 0.15) is 43.9 Å². The van der Waals surface area contributed by atoms with Crippen LogP contribution in [0.2, 0.25) is 0 Å². The van der Waals surface area contributed by atoms with Crippen LogP contribution in [0.25, 0.3) is 0 Å². The Kier molecular flexibility index (Phi) is 6.12. The fourth-order valence-electron chi connectivity index (χ4n) is 5.12. The first-order valence-electron chi connectivity index (χ1n) is 12.0. The number of allylic oxidation sites excluding steroid dienone is 1. The summed E-state index contributed by atoms with van der Waals surface area (Å²) < 4.78 is 0. The molecule has 6 heteroatoms. The average molecular weight is 467 g/mol. The SMILES string of the molecule is CC1(C)CC(=O)C2=C(C1)Nc1ccccc1N(CC(=O)NCc1cccnc1)[C@H]2c1ccccc1. The molecule has 2 aliphatic rings. The molecule has 0 spiro atoms. The summed E-state index contributed by atoms with van der Waals surface area (Å²) in [6.07, 6.45) is 4.71. The Hall–Kier alpha value is -3.93. The highest BCUT2D eigenvalue weighted by Gasteiger charge is 2.41. The van der Waals surface area contributed by atoms with Gasteiger partial charge in [-0.25, -0.2) is 0 Å². The van der Waals surface area contributed by atoms with Crippen molar-refractivity contribution in [1.82, 2.24) is 10.3 Å². The highest BCUT2D eigenvalue weighted by molar-refractivity contribution is 6.01. The minimum absolute atomic E-state index is 0.114. The maximum absolute atomic E-state index is 13.6. The van der Waals surface area contributed by atoms with Crippen molar-refractivity contribution in [3.63, 3.8) is 0 Å². The number of pyridine rings is 1. The Balaban J connectivity index is 1.57. The predicted molar refractivity (Wildman–Crippen MR) is 138 cm³/mol. The summed E-state index contributed by atoms with van der Waals surface area (Å²) in [6, 6.07) is 21.4. The van der Waals surface area contributed by atoms with Crippen molar-refractivity contribution in [2.24, 2.45) is 5.41 Å². The van der Waals surface area contributed by atoms with E-state index in [4.69, 9.17) is 0 Å². The van der Waals surface area contributed by atoms with Crippen molar-refractivity contribution in [2.75, 3.05) is 16.8 Å². The summed E-state index contributed by atoms with van der Waals surface area (Å²) >= 11 is 0. The second-order valence-corrected chi connectivity index (χ2v) is 10.1. The lowest BCUT2D eigenvalue weighted by atomic mass is 9.73. The van der Waals surface area contributed by atoms with Crippen molar-refractivity contribution in [1.29, 1.82) is 0 Å². The molecule has 1 aliphatic heterocycles. The maximum Gasteiger partial charge on any atom is 0.239 e. The lowest BCUT2D eigenvalue weighted by molar-refractivity contribution is -0.120. The lowest BCUT2D eigenvalue weighted by Gasteiger charge is -2.37. The second-order valence-electron chi connectivity index (χ2n) is 10.1. The number of Topliss-reactive ketones (excluding diaryl/α,β-unsaturated/α-hetero) is 1. The Bertz CT molecular complexity index is 1270. The average Bonchev–Trinajstić information content (AvgIpc) is 2.98. The van der Waals surface area contributed by atoms with Gasteiger partial charge in [-0.3, -0.25) is 14.6 Å². The van der Waals surface area contributed by atoms with E-state index in [9.17, 15) is 9.59 Å². The number of hydrogen-bond acceptors (Lipinski definition) is 5. The molecule has 1 atom stereocenters. The van der Waals surface area contributed by atoms with Gasteiger partial charge in [0.05, 0.1) is 24.0 Å². The van der Waals surface area contributed by atoms with Crippen LogP contribution < -0.4 is 15.5 Å². The normalized spacial score (nSPS) is 18.7. The van der Waals surface area contributed by atoms with E-state index in [0.29, 0.717) is 13.0 Å². The Morgan fingerprint density at radius 3 is 2.60 bits per heavy atom. The highest BCUT2D eigenvalue weighted by atomic mass is 16.2. The van der Waals surface area contributed by atoms with Gasteiger partial charge < -0.3 is 15.5 Å². The first-order chi connectivity index (χ1) is 16.9. The monoisotopic (exact) mass is 466 g/mol. The van der Waals surface area contributed by atoms with E-state index in [-0.39, 0.29) is 29.7 Å². The smallest absolute Gasteiger partial charge is 0.239 e. The third-order valence-corrected chi connectivity index (χ3v) is 6.65. The molecular formula is C29H30N4O2. The van der Waals surface area contributed by atoms with Crippen LogP contribution in [0, 0.1) is 5.41 Å². The third-order valence-electron chi connectivity index (χ3n) is 6.65. The Morgan fingerprint density at radius 2 is 1.83 bits per heavy atom. The molecular weight excluding hydrogens is 436 g/mol. The number of para-hydroxylation sites is 2. The van der Waals surface area contributed by atoms with Crippen molar-refractivity contribution in [3.8, 4) is 0 Å². The number of fused-ring (bicyclic) bond motifs is 1. The summed E-state index contributed by atoms with van der Waals surface area (Å²) in [6.45, 7) is 4.78. The van der Waals surface area contributed by atoms with Crippen LogP contribution in [0.4, 0.5) is 11.4 Å². The van der Waals surface area contributed by atoms with Crippen LogP contribution in [0.3, 0.4) is 0 Å². The molecule has 0 unspecified atom stereocenters. The number of carbonyl (C=O) groups is 2. The number of hydrogen-bond donors (Lipinski definition) is 2. The van der Waals surface area contributed by atoms with Gasteiger partial charge in [0.15, 0.2) is 5.78 Å². The van der Waals surface area contributed by atoms with Crippen molar-refractivity contribution >= 4 is 23.1 Å². The van der Waals surface area contributed by atoms with E-state index in [1.54, 1.807) is 12.4 Å². The summed E-state index contributed by atoms with van der Waals surface area (Å²) in [7, 11) is 0. The van der Waals surface area contributed by atoms with Crippen LogP contribution >= 0.6 is 0 Å². The fourth-order valence-corrected chi connectivity index (χ4v) is 5.12. The van der Waals surface area contributed by atoms with Crippen molar-refractivity contribution in [2.45, 2.75) is 39.3 Å². The molecule has 2 N–H and O–H groups in total. The topological polar surface area (TPSA) is 74.3 Å². The van der Waals surface area contributed by atoms with Crippen LogP contribution in [0.5, 0.6) is 0 Å². The minimum Gasteiger partial charge on any atom is -0.357 e. The van der Waals surface area contributed by atoms with E-state index in [2.05, 4.69) is 34.4 Å². The van der Waals surface area contributed by atoms with E-state index < -0.39 is 0 Å². The molecule has 1 aliphatic carbocycles. The molecule has 0 bridgehead atoms. The molecule has 3 aromatic rings. The minimum atomic E-state index is -0.366. The number of rotatable bonds is 5. The molecule has 6 nitrogen and oxygen atoms in total. The largest absolute Gasteiger partial charge is 0.357 e. The van der Waals surface area contributed by atoms with Crippen LogP contribution in [0.15, 0.2) is 90.4 Å². The highest BCUT2D eigenvalue weighted by Crippen LogP contribution is 2.48. The van der Waals surface area contributed by atoms with Gasteiger partial charge in [0.25, 0.3) is 0 Å². The first-order valence-corrected chi connectivity index (χ1v) is 12.0. The number of amides is 1. The summed E-state index contributed by atoms with van der Waals surface area (Å²) in [5.41, 5.74) is 5.31. The molecule has 0 radical (unpaired) electrons. The van der Waals surface area contributed by atoms with E-state index >= 15 is 0 Å². The number of ketones is 1. The molecule has 1 amide bonds. The van der Waals surface area contributed by atoms with E-state index in [1.807, 2.05) is 66.7 Å². The van der Waals surface area contributed by atoms with E-state index in [1.165, 1.54) is 0 Å².